The van der Waals surface area contributed by atoms with Crippen LogP contribution in [-0.2, 0) is 0 Å². The molecule has 7 heteroatoms. The molecule has 0 bridgehead atoms. The third-order valence-electron chi connectivity index (χ3n) is 3.93. The van der Waals surface area contributed by atoms with E-state index in [4.69, 9.17) is 5.73 Å². The molecule has 3 rings (SSSR count). The number of nitrogens with zero attached hydrogens (tertiary/aromatic N) is 4. The molecule has 1 saturated carbocycles. The molecule has 0 saturated heterocycles. The average molecular weight is 288 g/mol. The van der Waals surface area contributed by atoms with E-state index < -0.39 is 0 Å². The summed E-state index contributed by atoms with van der Waals surface area (Å²) in [6.07, 6.45) is 3.72. The first-order valence-electron chi connectivity index (χ1n) is 7.30. The predicted octanol–water partition coefficient (Wildman–Crippen LogP) is 0.741. The lowest BCUT2D eigenvalue weighted by atomic mass is 9.92. The number of carbonyl (C=O) groups is 1. The lowest BCUT2D eigenvalue weighted by Gasteiger charge is -2.26. The molecule has 0 unspecified atom stereocenters. The van der Waals surface area contributed by atoms with E-state index in [2.05, 4.69) is 20.4 Å². The van der Waals surface area contributed by atoms with Gasteiger partial charge in [0.1, 0.15) is 0 Å². The molecule has 0 aromatic carbocycles. The molecule has 21 heavy (non-hydrogen) atoms. The molecule has 1 aliphatic rings. The standard InChI is InChI=1S/C14H20N6O/c1-8-7-9(2)20-14(16-8)18-12(19-20)13(21)17-11-5-3-10(15)4-6-11/h7,10-11H,3-6,15H2,1-2H3,(H,17,21). The highest BCUT2D eigenvalue weighted by atomic mass is 16.2. The van der Waals surface area contributed by atoms with E-state index in [9.17, 15) is 4.79 Å². The van der Waals surface area contributed by atoms with Crippen molar-refractivity contribution in [1.29, 1.82) is 0 Å². The zero-order valence-corrected chi connectivity index (χ0v) is 12.3. The van der Waals surface area contributed by atoms with E-state index in [0.29, 0.717) is 5.78 Å². The minimum absolute atomic E-state index is 0.166. The molecule has 2 aromatic heterocycles. The second kappa shape index (κ2) is 5.40. The topological polar surface area (TPSA) is 98.2 Å². The minimum atomic E-state index is -0.238. The molecular weight excluding hydrogens is 268 g/mol. The number of rotatable bonds is 2. The van der Waals surface area contributed by atoms with Gasteiger partial charge in [0.15, 0.2) is 0 Å². The Labute approximate surface area is 123 Å². The van der Waals surface area contributed by atoms with Crippen LogP contribution in [0.2, 0.25) is 0 Å². The smallest absolute Gasteiger partial charge is 0.291 e. The molecule has 0 spiro atoms. The molecule has 0 atom stereocenters. The van der Waals surface area contributed by atoms with Crippen LogP contribution in [0.3, 0.4) is 0 Å². The van der Waals surface area contributed by atoms with E-state index in [-0.39, 0.29) is 23.8 Å². The van der Waals surface area contributed by atoms with Gasteiger partial charge in [-0.3, -0.25) is 4.79 Å². The van der Waals surface area contributed by atoms with E-state index in [1.54, 1.807) is 4.52 Å². The molecule has 1 aliphatic carbocycles. The molecule has 2 heterocycles. The van der Waals surface area contributed by atoms with Crippen molar-refractivity contribution < 1.29 is 4.79 Å². The van der Waals surface area contributed by atoms with Crippen molar-refractivity contribution in [2.45, 2.75) is 51.6 Å². The molecule has 3 N–H and O–H groups in total. The zero-order chi connectivity index (χ0) is 15.0. The third-order valence-corrected chi connectivity index (χ3v) is 3.93. The summed E-state index contributed by atoms with van der Waals surface area (Å²) in [5.74, 6) is 0.396. The van der Waals surface area contributed by atoms with Gasteiger partial charge in [-0.25, -0.2) is 9.50 Å². The maximum atomic E-state index is 12.3. The fraction of sp³-hybridized carbons (Fsp3) is 0.571. The summed E-state index contributed by atoms with van der Waals surface area (Å²) in [7, 11) is 0. The highest BCUT2D eigenvalue weighted by Crippen LogP contribution is 2.17. The van der Waals surface area contributed by atoms with Gasteiger partial charge in [0.05, 0.1) is 0 Å². The quantitative estimate of drug-likeness (QED) is 0.849. The van der Waals surface area contributed by atoms with E-state index >= 15 is 0 Å². The summed E-state index contributed by atoms with van der Waals surface area (Å²) in [5.41, 5.74) is 7.64. The summed E-state index contributed by atoms with van der Waals surface area (Å²) in [5, 5.41) is 7.23. The molecule has 2 aromatic rings. The number of carbonyl (C=O) groups excluding carboxylic acids is 1. The van der Waals surface area contributed by atoms with Crippen molar-refractivity contribution in [1.82, 2.24) is 24.9 Å². The Morgan fingerprint density at radius 1 is 1.29 bits per heavy atom. The SMILES string of the molecule is Cc1cc(C)n2nc(C(=O)NC3CCC(N)CC3)nc2n1. The van der Waals surface area contributed by atoms with Crippen LogP contribution >= 0.6 is 0 Å². The van der Waals surface area contributed by atoms with Crippen LogP contribution in [0.15, 0.2) is 6.07 Å². The molecule has 1 amide bonds. The third kappa shape index (κ3) is 2.87. The van der Waals surface area contributed by atoms with Crippen LogP contribution < -0.4 is 11.1 Å². The predicted molar refractivity (Wildman–Crippen MR) is 78.0 cm³/mol. The maximum absolute atomic E-state index is 12.3. The summed E-state index contributed by atoms with van der Waals surface area (Å²) >= 11 is 0. The highest BCUT2D eigenvalue weighted by Gasteiger charge is 2.22. The van der Waals surface area contributed by atoms with Crippen LogP contribution in [0.1, 0.15) is 47.7 Å². The lowest BCUT2D eigenvalue weighted by Crippen LogP contribution is -2.40. The van der Waals surface area contributed by atoms with Gasteiger partial charge in [0, 0.05) is 23.5 Å². The summed E-state index contributed by atoms with van der Waals surface area (Å²) in [6.45, 7) is 3.81. The number of hydrogen-bond acceptors (Lipinski definition) is 5. The van der Waals surface area contributed by atoms with Crippen LogP contribution in [0.25, 0.3) is 5.78 Å². The van der Waals surface area contributed by atoms with Crippen molar-refractivity contribution in [3.8, 4) is 0 Å². The molecule has 112 valence electrons. The fourth-order valence-corrected chi connectivity index (χ4v) is 2.78. The Hall–Kier alpha value is -2.02. The molecular formula is C14H20N6O. The largest absolute Gasteiger partial charge is 0.347 e. The Morgan fingerprint density at radius 3 is 2.71 bits per heavy atom. The van der Waals surface area contributed by atoms with Crippen LogP contribution in [0.5, 0.6) is 0 Å². The van der Waals surface area contributed by atoms with E-state index in [1.165, 1.54) is 0 Å². The first-order chi connectivity index (χ1) is 10.0. The second-order valence-electron chi connectivity index (χ2n) is 5.77. The number of nitrogens with two attached hydrogens (primary N) is 1. The molecule has 0 radical (unpaired) electrons. The Bertz CT molecular complexity index is 671. The molecule has 0 aliphatic heterocycles. The van der Waals surface area contributed by atoms with Gasteiger partial charge in [-0.05, 0) is 45.6 Å². The van der Waals surface area contributed by atoms with Gasteiger partial charge in [0.25, 0.3) is 11.7 Å². The number of nitrogens with one attached hydrogen (secondary N) is 1. The van der Waals surface area contributed by atoms with Crippen LogP contribution in [0, 0.1) is 13.8 Å². The zero-order valence-electron chi connectivity index (χ0n) is 12.3. The van der Waals surface area contributed by atoms with Crippen molar-refractivity contribution in [3.63, 3.8) is 0 Å². The van der Waals surface area contributed by atoms with E-state index in [1.807, 2.05) is 19.9 Å². The first kappa shape index (κ1) is 13.9. The fourth-order valence-electron chi connectivity index (χ4n) is 2.78. The number of aromatic nitrogens is 4. The average Bonchev–Trinajstić information content (AvgIpc) is 2.85. The lowest BCUT2D eigenvalue weighted by molar-refractivity contribution is 0.0915. The van der Waals surface area contributed by atoms with Gasteiger partial charge < -0.3 is 11.1 Å². The number of amides is 1. The molecule has 7 nitrogen and oxygen atoms in total. The number of hydrogen-bond donors (Lipinski definition) is 2. The second-order valence-corrected chi connectivity index (χ2v) is 5.77. The Kier molecular flexibility index (Phi) is 3.59. The molecule has 1 fully saturated rings. The normalized spacial score (nSPS) is 22.4. The van der Waals surface area contributed by atoms with Crippen molar-refractivity contribution in [2.75, 3.05) is 0 Å². The minimum Gasteiger partial charge on any atom is -0.347 e. The van der Waals surface area contributed by atoms with Gasteiger partial charge in [-0.2, -0.15) is 4.98 Å². The summed E-state index contributed by atoms with van der Waals surface area (Å²) in [4.78, 5) is 20.8. The van der Waals surface area contributed by atoms with Crippen molar-refractivity contribution >= 4 is 11.7 Å². The van der Waals surface area contributed by atoms with Gasteiger partial charge in [0.2, 0.25) is 5.82 Å². The Morgan fingerprint density at radius 2 is 2.00 bits per heavy atom. The van der Waals surface area contributed by atoms with Crippen molar-refractivity contribution in [3.05, 3.63) is 23.3 Å². The van der Waals surface area contributed by atoms with Crippen LogP contribution in [0.4, 0.5) is 0 Å². The highest BCUT2D eigenvalue weighted by molar-refractivity contribution is 5.91. The monoisotopic (exact) mass is 288 g/mol. The van der Waals surface area contributed by atoms with Gasteiger partial charge in [-0.15, -0.1) is 5.10 Å². The van der Waals surface area contributed by atoms with Crippen LogP contribution in [-0.4, -0.2) is 37.6 Å². The maximum Gasteiger partial charge on any atom is 0.291 e. The number of fused-ring (bicyclic) bond motifs is 1. The van der Waals surface area contributed by atoms with Crippen molar-refractivity contribution in [2.24, 2.45) is 5.73 Å². The summed E-state index contributed by atoms with van der Waals surface area (Å²) in [6, 6.07) is 2.34. The number of aryl methyl sites for hydroxylation is 2. The summed E-state index contributed by atoms with van der Waals surface area (Å²) < 4.78 is 1.60. The first-order valence-corrected chi connectivity index (χ1v) is 7.30. The van der Waals surface area contributed by atoms with Gasteiger partial charge in [-0.1, -0.05) is 0 Å². The Balaban J connectivity index is 1.77. The van der Waals surface area contributed by atoms with E-state index in [0.717, 1.165) is 37.1 Å². The van der Waals surface area contributed by atoms with Gasteiger partial charge >= 0.3 is 0 Å².